The summed E-state index contributed by atoms with van der Waals surface area (Å²) >= 11 is 2.17. The summed E-state index contributed by atoms with van der Waals surface area (Å²) in [5.41, 5.74) is 0.623. The van der Waals surface area contributed by atoms with Crippen molar-refractivity contribution in [3.05, 3.63) is 27.3 Å². The van der Waals surface area contributed by atoms with Crippen molar-refractivity contribution in [3.63, 3.8) is 0 Å². The van der Waals surface area contributed by atoms with Gasteiger partial charge < -0.3 is 4.74 Å². The van der Waals surface area contributed by atoms with Crippen LogP contribution in [0.25, 0.3) is 0 Å². The molecule has 0 atom stereocenters. The predicted molar refractivity (Wildman–Crippen MR) is 64.9 cm³/mol. The van der Waals surface area contributed by atoms with E-state index in [2.05, 4.69) is 36.4 Å². The third-order valence-corrected chi connectivity index (χ3v) is 2.53. The fourth-order valence-corrected chi connectivity index (χ4v) is 1.70. The van der Waals surface area contributed by atoms with Crippen molar-refractivity contribution in [1.82, 2.24) is 0 Å². The van der Waals surface area contributed by atoms with Gasteiger partial charge in [-0.05, 0) is 40.6 Å². The fourth-order valence-electron chi connectivity index (χ4n) is 1.02. The molecular weight excluding hydrogens is 291 g/mol. The Labute approximate surface area is 97.8 Å². The lowest BCUT2D eigenvalue weighted by molar-refractivity contribution is 0.111. The lowest BCUT2D eigenvalue weighted by Crippen LogP contribution is -2.07. The summed E-state index contributed by atoms with van der Waals surface area (Å²) in [7, 11) is 0. The monoisotopic (exact) mass is 304 g/mol. The van der Waals surface area contributed by atoms with Gasteiger partial charge in [0, 0.05) is 0 Å². The van der Waals surface area contributed by atoms with E-state index in [9.17, 15) is 4.79 Å². The largest absolute Gasteiger partial charge is 0.491 e. The van der Waals surface area contributed by atoms with Crippen LogP contribution in [-0.2, 0) is 0 Å². The van der Waals surface area contributed by atoms with Gasteiger partial charge in [-0.2, -0.15) is 0 Å². The molecule has 0 fully saturated rings. The third-order valence-electron chi connectivity index (χ3n) is 1.69. The van der Waals surface area contributed by atoms with Crippen molar-refractivity contribution >= 4 is 28.9 Å². The van der Waals surface area contributed by atoms with Crippen LogP contribution in [0.1, 0.15) is 24.2 Å². The molecule has 0 amide bonds. The van der Waals surface area contributed by atoms with Gasteiger partial charge in [0.15, 0.2) is 6.29 Å². The van der Waals surface area contributed by atoms with Crippen molar-refractivity contribution < 1.29 is 9.53 Å². The van der Waals surface area contributed by atoms with E-state index in [1.54, 1.807) is 6.07 Å². The minimum absolute atomic E-state index is 0.463. The summed E-state index contributed by atoms with van der Waals surface area (Å²) < 4.78 is 6.56. The number of halogens is 1. The number of benzene rings is 1. The number of carbonyl (C=O) groups excluding carboxylic acids is 1. The molecule has 0 bridgehead atoms. The first-order valence-corrected chi connectivity index (χ1v) is 5.59. The molecule has 0 saturated heterocycles. The van der Waals surface area contributed by atoms with E-state index in [-0.39, 0.29) is 0 Å². The van der Waals surface area contributed by atoms with E-state index in [0.717, 1.165) is 9.86 Å². The molecule has 1 aromatic carbocycles. The number of rotatable bonds is 4. The molecule has 0 aromatic heterocycles. The fraction of sp³-hybridized carbons (Fsp3) is 0.364. The second-order valence-corrected chi connectivity index (χ2v) is 4.64. The summed E-state index contributed by atoms with van der Waals surface area (Å²) in [4.78, 5) is 10.7. The maximum Gasteiger partial charge on any atom is 0.153 e. The highest BCUT2D eigenvalue weighted by atomic mass is 127. The summed E-state index contributed by atoms with van der Waals surface area (Å²) in [6.07, 6.45) is 0.831. The van der Waals surface area contributed by atoms with Crippen molar-refractivity contribution in [3.8, 4) is 5.75 Å². The number of hydrogen-bond donors (Lipinski definition) is 0. The quantitative estimate of drug-likeness (QED) is 0.631. The first kappa shape index (κ1) is 11.5. The molecule has 0 radical (unpaired) electrons. The molecule has 76 valence electrons. The van der Waals surface area contributed by atoms with Crippen molar-refractivity contribution in [2.24, 2.45) is 5.92 Å². The minimum Gasteiger partial charge on any atom is -0.491 e. The Morgan fingerprint density at radius 3 is 2.79 bits per heavy atom. The highest BCUT2D eigenvalue weighted by molar-refractivity contribution is 14.1. The van der Waals surface area contributed by atoms with Crippen LogP contribution in [0.15, 0.2) is 18.2 Å². The summed E-state index contributed by atoms with van der Waals surface area (Å²) in [6.45, 7) is 4.80. The van der Waals surface area contributed by atoms with Gasteiger partial charge in [0.2, 0.25) is 0 Å². The van der Waals surface area contributed by atoms with Gasteiger partial charge in [-0.25, -0.2) is 0 Å². The highest BCUT2D eigenvalue weighted by Crippen LogP contribution is 2.24. The van der Waals surface area contributed by atoms with Crippen LogP contribution in [0.5, 0.6) is 5.75 Å². The lowest BCUT2D eigenvalue weighted by Gasteiger charge is -2.11. The van der Waals surface area contributed by atoms with Crippen LogP contribution >= 0.6 is 22.6 Å². The average Bonchev–Trinajstić information content (AvgIpc) is 2.15. The molecule has 0 N–H and O–H groups in total. The van der Waals surface area contributed by atoms with E-state index >= 15 is 0 Å². The van der Waals surface area contributed by atoms with Gasteiger partial charge in [-0.1, -0.05) is 19.9 Å². The van der Waals surface area contributed by atoms with Gasteiger partial charge in [0.25, 0.3) is 0 Å². The zero-order valence-electron chi connectivity index (χ0n) is 8.29. The average molecular weight is 304 g/mol. The first-order valence-electron chi connectivity index (χ1n) is 4.51. The Morgan fingerprint density at radius 1 is 1.50 bits per heavy atom. The zero-order chi connectivity index (χ0) is 10.6. The Morgan fingerprint density at radius 2 is 2.21 bits per heavy atom. The molecule has 0 unspecified atom stereocenters. The van der Waals surface area contributed by atoms with Crippen molar-refractivity contribution in [1.29, 1.82) is 0 Å². The zero-order valence-corrected chi connectivity index (χ0v) is 10.4. The van der Waals surface area contributed by atoms with Crippen molar-refractivity contribution in [2.45, 2.75) is 13.8 Å². The normalized spacial score (nSPS) is 10.3. The molecule has 1 aromatic rings. The Balaban J connectivity index is 2.87. The smallest absolute Gasteiger partial charge is 0.153 e. The lowest BCUT2D eigenvalue weighted by atomic mass is 10.2. The summed E-state index contributed by atoms with van der Waals surface area (Å²) in [5, 5.41) is 0. The van der Waals surface area contributed by atoms with E-state index < -0.39 is 0 Å². The number of carbonyl (C=O) groups is 1. The molecule has 1 rings (SSSR count). The molecule has 0 heterocycles. The topological polar surface area (TPSA) is 26.3 Å². The third kappa shape index (κ3) is 2.97. The molecule has 14 heavy (non-hydrogen) atoms. The van der Waals surface area contributed by atoms with Gasteiger partial charge >= 0.3 is 0 Å². The maximum atomic E-state index is 10.7. The molecule has 3 heteroatoms. The number of aldehydes is 1. The van der Waals surface area contributed by atoms with Gasteiger partial charge in [-0.15, -0.1) is 0 Å². The summed E-state index contributed by atoms with van der Waals surface area (Å²) in [5.74, 6) is 1.17. The molecule has 0 aliphatic rings. The second-order valence-electron chi connectivity index (χ2n) is 3.48. The standard InChI is InChI=1S/C11H13IO2/c1-8(2)7-14-11-9(6-13)4-3-5-10(11)12/h3-6,8H,7H2,1-2H3. The van der Waals surface area contributed by atoms with Crippen LogP contribution in [0, 0.1) is 9.49 Å². The molecule has 0 aliphatic carbocycles. The van der Waals surface area contributed by atoms with E-state index in [1.165, 1.54) is 0 Å². The van der Waals surface area contributed by atoms with Gasteiger partial charge in [-0.3, -0.25) is 4.79 Å². The molecule has 0 aliphatic heterocycles. The maximum absolute atomic E-state index is 10.7. The van der Waals surface area contributed by atoms with Gasteiger partial charge in [0.05, 0.1) is 15.7 Å². The van der Waals surface area contributed by atoms with Crippen LogP contribution in [0.3, 0.4) is 0 Å². The summed E-state index contributed by atoms with van der Waals surface area (Å²) in [6, 6.07) is 5.56. The number of hydrogen-bond acceptors (Lipinski definition) is 2. The van der Waals surface area contributed by atoms with E-state index in [4.69, 9.17) is 4.74 Å². The van der Waals surface area contributed by atoms with Crippen molar-refractivity contribution in [2.75, 3.05) is 6.61 Å². The highest BCUT2D eigenvalue weighted by Gasteiger charge is 2.07. The van der Waals surface area contributed by atoms with Crippen LogP contribution in [-0.4, -0.2) is 12.9 Å². The van der Waals surface area contributed by atoms with E-state index in [1.807, 2.05) is 12.1 Å². The van der Waals surface area contributed by atoms with Gasteiger partial charge in [0.1, 0.15) is 5.75 Å². The Hall–Kier alpha value is -0.580. The molecular formula is C11H13IO2. The van der Waals surface area contributed by atoms with Crippen LogP contribution in [0.4, 0.5) is 0 Å². The van der Waals surface area contributed by atoms with E-state index in [0.29, 0.717) is 23.8 Å². The van der Waals surface area contributed by atoms with Crippen LogP contribution in [0.2, 0.25) is 0 Å². The molecule has 0 spiro atoms. The SMILES string of the molecule is CC(C)COc1c(I)cccc1C=O. The minimum atomic E-state index is 0.463. The number of ether oxygens (including phenoxy) is 1. The van der Waals surface area contributed by atoms with Crippen LogP contribution < -0.4 is 4.74 Å². The first-order chi connectivity index (χ1) is 6.65. The molecule has 2 nitrogen and oxygen atoms in total. The second kappa shape index (κ2) is 5.34. The Kier molecular flexibility index (Phi) is 4.38. The number of para-hydroxylation sites is 1. The Bertz CT molecular complexity index is 321. The predicted octanol–water partition coefficient (Wildman–Crippen LogP) is 3.14. The molecule has 0 saturated carbocycles.